The first kappa shape index (κ1) is 14.9. The minimum absolute atomic E-state index is 0.110. The SMILES string of the molecule is CS(=O)(=O)c1ccc(F)c(NC(=O)c2ccc(=O)[nH]c2)c1. The molecule has 0 aliphatic rings. The Morgan fingerprint density at radius 1 is 1.24 bits per heavy atom. The van der Waals surface area contributed by atoms with Gasteiger partial charge in [0.25, 0.3) is 5.91 Å². The molecule has 0 saturated carbocycles. The molecule has 0 fully saturated rings. The second kappa shape index (κ2) is 5.49. The number of halogens is 1. The third kappa shape index (κ3) is 3.54. The number of nitrogens with one attached hydrogen (secondary N) is 2. The standard InChI is InChI=1S/C13H11FN2O4S/c1-21(19,20)9-3-4-10(14)11(6-9)16-13(18)8-2-5-12(17)15-7-8/h2-7H,1H3,(H,15,17)(H,16,18). The Labute approximate surface area is 119 Å². The Morgan fingerprint density at radius 3 is 2.52 bits per heavy atom. The van der Waals surface area contributed by atoms with Gasteiger partial charge in [0.1, 0.15) is 5.82 Å². The summed E-state index contributed by atoms with van der Waals surface area (Å²) >= 11 is 0. The molecular weight excluding hydrogens is 299 g/mol. The number of hydrogen-bond acceptors (Lipinski definition) is 4. The molecule has 0 bridgehead atoms. The summed E-state index contributed by atoms with van der Waals surface area (Å²) in [5.74, 6) is -1.43. The van der Waals surface area contributed by atoms with E-state index in [-0.39, 0.29) is 21.7 Å². The highest BCUT2D eigenvalue weighted by Crippen LogP contribution is 2.20. The van der Waals surface area contributed by atoms with E-state index in [4.69, 9.17) is 0 Å². The van der Waals surface area contributed by atoms with Crippen molar-refractivity contribution in [1.82, 2.24) is 4.98 Å². The maximum absolute atomic E-state index is 13.6. The molecule has 2 aromatic rings. The summed E-state index contributed by atoms with van der Waals surface area (Å²) in [6, 6.07) is 5.53. The summed E-state index contributed by atoms with van der Waals surface area (Å²) in [7, 11) is -3.51. The van der Waals surface area contributed by atoms with Crippen LogP contribution in [0.25, 0.3) is 0 Å². The molecule has 0 unspecified atom stereocenters. The van der Waals surface area contributed by atoms with Crippen LogP contribution in [0.2, 0.25) is 0 Å². The average Bonchev–Trinajstić information content (AvgIpc) is 2.40. The number of sulfone groups is 1. The van der Waals surface area contributed by atoms with Crippen molar-refractivity contribution in [2.45, 2.75) is 4.90 Å². The number of aromatic nitrogens is 1. The van der Waals surface area contributed by atoms with Crippen LogP contribution in [0.5, 0.6) is 0 Å². The van der Waals surface area contributed by atoms with Crippen molar-refractivity contribution >= 4 is 21.4 Å². The molecule has 21 heavy (non-hydrogen) atoms. The summed E-state index contributed by atoms with van der Waals surface area (Å²) in [6.07, 6.45) is 2.16. The first-order valence-corrected chi connectivity index (χ1v) is 7.66. The van der Waals surface area contributed by atoms with Crippen molar-refractivity contribution in [2.24, 2.45) is 0 Å². The van der Waals surface area contributed by atoms with Gasteiger partial charge in [0.2, 0.25) is 5.56 Å². The van der Waals surface area contributed by atoms with Crippen molar-refractivity contribution in [3.63, 3.8) is 0 Å². The zero-order chi connectivity index (χ0) is 15.6. The number of rotatable bonds is 3. The van der Waals surface area contributed by atoms with E-state index >= 15 is 0 Å². The van der Waals surface area contributed by atoms with E-state index in [1.54, 1.807) is 0 Å². The first-order chi connectivity index (χ1) is 9.77. The van der Waals surface area contributed by atoms with E-state index in [1.807, 2.05) is 0 Å². The first-order valence-electron chi connectivity index (χ1n) is 5.77. The quantitative estimate of drug-likeness (QED) is 0.832. The number of anilines is 1. The molecule has 1 aromatic heterocycles. The fourth-order valence-electron chi connectivity index (χ4n) is 1.58. The molecule has 0 spiro atoms. The predicted octanol–water partition coefficient (Wildman–Crippen LogP) is 1.17. The van der Waals surface area contributed by atoms with Gasteiger partial charge in [-0.2, -0.15) is 0 Å². The Balaban J connectivity index is 2.33. The molecule has 1 heterocycles. The number of H-pyrrole nitrogens is 1. The molecule has 2 rings (SSSR count). The molecule has 0 radical (unpaired) electrons. The summed E-state index contributed by atoms with van der Waals surface area (Å²) < 4.78 is 36.5. The van der Waals surface area contributed by atoms with E-state index in [1.165, 1.54) is 12.3 Å². The molecule has 0 aliphatic heterocycles. The summed E-state index contributed by atoms with van der Waals surface area (Å²) in [5.41, 5.74) is -0.523. The normalized spacial score (nSPS) is 11.1. The van der Waals surface area contributed by atoms with Crippen LogP contribution in [0.4, 0.5) is 10.1 Å². The summed E-state index contributed by atoms with van der Waals surface area (Å²) in [6.45, 7) is 0. The number of carbonyl (C=O) groups is 1. The van der Waals surface area contributed by atoms with Gasteiger partial charge < -0.3 is 10.3 Å². The lowest BCUT2D eigenvalue weighted by molar-refractivity contribution is 0.102. The fourth-order valence-corrected chi connectivity index (χ4v) is 2.22. The molecule has 0 atom stereocenters. The van der Waals surface area contributed by atoms with Crippen molar-refractivity contribution < 1.29 is 17.6 Å². The fraction of sp³-hybridized carbons (Fsp3) is 0.0769. The van der Waals surface area contributed by atoms with Crippen LogP contribution in [0.1, 0.15) is 10.4 Å². The van der Waals surface area contributed by atoms with E-state index in [2.05, 4.69) is 10.3 Å². The van der Waals surface area contributed by atoms with Crippen LogP contribution in [0, 0.1) is 5.82 Å². The molecule has 0 aliphatic carbocycles. The van der Waals surface area contributed by atoms with Gasteiger partial charge in [0.05, 0.1) is 16.1 Å². The third-order valence-corrected chi connectivity index (χ3v) is 3.77. The van der Waals surface area contributed by atoms with E-state index < -0.39 is 21.6 Å². The smallest absolute Gasteiger partial charge is 0.257 e. The van der Waals surface area contributed by atoms with Gasteiger partial charge in [-0.3, -0.25) is 9.59 Å². The molecule has 8 heteroatoms. The van der Waals surface area contributed by atoms with Crippen LogP contribution >= 0.6 is 0 Å². The van der Waals surface area contributed by atoms with Gasteiger partial charge in [-0.1, -0.05) is 0 Å². The third-order valence-electron chi connectivity index (χ3n) is 2.66. The highest BCUT2D eigenvalue weighted by atomic mass is 32.2. The molecule has 6 nitrogen and oxygen atoms in total. The molecular formula is C13H11FN2O4S. The van der Waals surface area contributed by atoms with Gasteiger partial charge in [-0.05, 0) is 24.3 Å². The zero-order valence-electron chi connectivity index (χ0n) is 10.9. The lowest BCUT2D eigenvalue weighted by Crippen LogP contribution is -2.15. The van der Waals surface area contributed by atoms with Crippen LogP contribution in [-0.4, -0.2) is 25.6 Å². The zero-order valence-corrected chi connectivity index (χ0v) is 11.7. The van der Waals surface area contributed by atoms with Crippen molar-refractivity contribution in [2.75, 3.05) is 11.6 Å². The van der Waals surface area contributed by atoms with Crippen LogP contribution in [0.3, 0.4) is 0 Å². The number of carbonyl (C=O) groups excluding carboxylic acids is 1. The Bertz CT molecular complexity index is 838. The molecule has 0 saturated heterocycles. The Kier molecular flexibility index (Phi) is 3.90. The number of pyridine rings is 1. The molecule has 110 valence electrons. The minimum atomic E-state index is -3.51. The van der Waals surface area contributed by atoms with E-state index in [0.29, 0.717) is 0 Å². The maximum atomic E-state index is 13.6. The van der Waals surface area contributed by atoms with E-state index in [0.717, 1.165) is 30.5 Å². The Morgan fingerprint density at radius 2 is 1.95 bits per heavy atom. The second-order valence-corrected chi connectivity index (χ2v) is 6.33. The van der Waals surface area contributed by atoms with Gasteiger partial charge in [0.15, 0.2) is 9.84 Å². The minimum Gasteiger partial charge on any atom is -0.328 e. The monoisotopic (exact) mass is 310 g/mol. The van der Waals surface area contributed by atoms with Gasteiger partial charge >= 0.3 is 0 Å². The lowest BCUT2D eigenvalue weighted by atomic mass is 10.2. The Hall–Kier alpha value is -2.48. The van der Waals surface area contributed by atoms with Crippen molar-refractivity contribution in [3.8, 4) is 0 Å². The van der Waals surface area contributed by atoms with Crippen LogP contribution < -0.4 is 10.9 Å². The number of hydrogen-bond donors (Lipinski definition) is 2. The molecule has 2 N–H and O–H groups in total. The largest absolute Gasteiger partial charge is 0.328 e. The highest BCUT2D eigenvalue weighted by molar-refractivity contribution is 7.90. The summed E-state index contributed by atoms with van der Waals surface area (Å²) in [5, 5.41) is 2.26. The number of benzene rings is 1. The maximum Gasteiger partial charge on any atom is 0.257 e. The highest BCUT2D eigenvalue weighted by Gasteiger charge is 2.14. The van der Waals surface area contributed by atoms with Crippen LogP contribution in [-0.2, 0) is 9.84 Å². The number of aromatic amines is 1. The lowest BCUT2D eigenvalue weighted by Gasteiger charge is -2.08. The van der Waals surface area contributed by atoms with Crippen molar-refractivity contribution in [1.29, 1.82) is 0 Å². The van der Waals surface area contributed by atoms with Gasteiger partial charge in [-0.25, -0.2) is 12.8 Å². The second-order valence-electron chi connectivity index (χ2n) is 4.31. The average molecular weight is 310 g/mol. The number of amides is 1. The van der Waals surface area contributed by atoms with Gasteiger partial charge in [-0.15, -0.1) is 0 Å². The molecule has 1 amide bonds. The molecule has 1 aromatic carbocycles. The topological polar surface area (TPSA) is 96.1 Å². The predicted molar refractivity (Wildman–Crippen MR) is 74.5 cm³/mol. The van der Waals surface area contributed by atoms with Gasteiger partial charge in [0, 0.05) is 18.5 Å². The summed E-state index contributed by atoms with van der Waals surface area (Å²) in [4.78, 5) is 25.0. The van der Waals surface area contributed by atoms with E-state index in [9.17, 15) is 22.4 Å². The van der Waals surface area contributed by atoms with Crippen molar-refractivity contribution in [3.05, 3.63) is 58.3 Å². The van der Waals surface area contributed by atoms with Crippen LogP contribution in [0.15, 0.2) is 46.2 Å².